The molecule has 132 valence electrons. The predicted octanol–water partition coefficient (Wildman–Crippen LogP) is 2.09. The molecule has 0 aliphatic rings. The van der Waals surface area contributed by atoms with Crippen LogP contribution in [-0.2, 0) is 11.2 Å². The second-order valence-corrected chi connectivity index (χ2v) is 5.81. The number of aryl methyl sites for hydroxylation is 1. The van der Waals surface area contributed by atoms with Crippen LogP contribution in [0.15, 0.2) is 51.7 Å². The topological polar surface area (TPSA) is 123 Å². The number of nitrogens with two attached hydrogens (primary N) is 1. The van der Waals surface area contributed by atoms with E-state index >= 15 is 0 Å². The molecular formula is C19H16N2O5. The molecule has 3 rings (SSSR count). The number of fused-ring (bicyclic) bond motifs is 1. The molecule has 0 spiro atoms. The van der Waals surface area contributed by atoms with E-state index in [4.69, 9.17) is 10.2 Å². The second kappa shape index (κ2) is 6.72. The summed E-state index contributed by atoms with van der Waals surface area (Å²) in [5.74, 6) is -1.16. The smallest absolute Gasteiger partial charge is 0.340 e. The lowest BCUT2D eigenvalue weighted by atomic mass is 10.0. The van der Waals surface area contributed by atoms with E-state index in [-0.39, 0.29) is 34.6 Å². The first-order valence-electron chi connectivity index (χ1n) is 7.81. The van der Waals surface area contributed by atoms with Gasteiger partial charge in [-0.25, -0.2) is 4.79 Å². The Morgan fingerprint density at radius 3 is 2.65 bits per heavy atom. The Morgan fingerprint density at radius 2 is 1.92 bits per heavy atom. The molecule has 2 amide bonds. The number of hydrogen-bond acceptors (Lipinski definition) is 5. The summed E-state index contributed by atoms with van der Waals surface area (Å²) in [4.78, 5) is 36.0. The van der Waals surface area contributed by atoms with Crippen LogP contribution in [0.2, 0.25) is 0 Å². The molecular weight excluding hydrogens is 336 g/mol. The number of aromatic hydroxyl groups is 1. The molecule has 0 aliphatic heterocycles. The van der Waals surface area contributed by atoms with Crippen LogP contribution in [0.3, 0.4) is 0 Å². The standard InChI is InChI=1S/C19H16N2O5/c1-10-12-7-6-11(22)8-16(12)26-19(25)14(10)9-17(23)21-15-5-3-2-4-13(15)18(20)24/h2-8,22H,9H2,1H3,(H2,20,24)(H,21,23). The van der Waals surface area contributed by atoms with Gasteiger partial charge in [-0.3, -0.25) is 9.59 Å². The Labute approximate surface area is 148 Å². The van der Waals surface area contributed by atoms with Gasteiger partial charge in [0.05, 0.1) is 23.2 Å². The SMILES string of the molecule is Cc1c(CC(=O)Nc2ccccc2C(N)=O)c(=O)oc2cc(O)ccc12. The molecule has 0 fully saturated rings. The highest BCUT2D eigenvalue weighted by molar-refractivity contribution is 6.03. The summed E-state index contributed by atoms with van der Waals surface area (Å²) in [5, 5.41) is 12.7. The molecule has 0 aliphatic carbocycles. The fourth-order valence-electron chi connectivity index (χ4n) is 2.75. The van der Waals surface area contributed by atoms with Gasteiger partial charge in [0.1, 0.15) is 11.3 Å². The fourth-order valence-corrected chi connectivity index (χ4v) is 2.75. The molecule has 0 bridgehead atoms. The van der Waals surface area contributed by atoms with Crippen molar-refractivity contribution in [2.24, 2.45) is 5.73 Å². The molecule has 0 radical (unpaired) electrons. The Kier molecular flexibility index (Phi) is 4.45. The second-order valence-electron chi connectivity index (χ2n) is 5.81. The summed E-state index contributed by atoms with van der Waals surface area (Å²) in [7, 11) is 0. The molecule has 0 saturated carbocycles. The summed E-state index contributed by atoms with van der Waals surface area (Å²) in [6.07, 6.45) is -0.224. The number of rotatable bonds is 4. The molecule has 7 nitrogen and oxygen atoms in total. The summed E-state index contributed by atoms with van der Waals surface area (Å²) in [5.41, 5.74) is 6.14. The van der Waals surface area contributed by atoms with E-state index in [1.54, 1.807) is 31.2 Å². The number of amides is 2. The Morgan fingerprint density at radius 1 is 1.19 bits per heavy atom. The minimum Gasteiger partial charge on any atom is -0.508 e. The van der Waals surface area contributed by atoms with E-state index in [0.29, 0.717) is 10.9 Å². The third kappa shape index (κ3) is 3.27. The van der Waals surface area contributed by atoms with Crippen LogP contribution >= 0.6 is 0 Å². The average molecular weight is 352 g/mol. The molecule has 1 heterocycles. The highest BCUT2D eigenvalue weighted by Gasteiger charge is 2.17. The summed E-state index contributed by atoms with van der Waals surface area (Å²) in [6, 6.07) is 10.8. The zero-order valence-corrected chi connectivity index (χ0v) is 13.9. The first kappa shape index (κ1) is 17.2. The molecule has 7 heteroatoms. The maximum absolute atomic E-state index is 12.4. The van der Waals surface area contributed by atoms with Crippen molar-refractivity contribution in [3.63, 3.8) is 0 Å². The van der Waals surface area contributed by atoms with Crippen LogP contribution in [0.25, 0.3) is 11.0 Å². The minimum atomic E-state index is -0.665. The van der Waals surface area contributed by atoms with Crippen molar-refractivity contribution in [2.75, 3.05) is 5.32 Å². The van der Waals surface area contributed by atoms with E-state index in [1.807, 2.05) is 0 Å². The normalized spacial score (nSPS) is 10.7. The number of benzene rings is 2. The van der Waals surface area contributed by atoms with Crippen LogP contribution in [-0.4, -0.2) is 16.9 Å². The number of carbonyl (C=O) groups excluding carboxylic acids is 2. The maximum Gasteiger partial charge on any atom is 0.340 e. The van der Waals surface area contributed by atoms with Crippen LogP contribution in [0.4, 0.5) is 5.69 Å². The Bertz CT molecular complexity index is 1080. The lowest BCUT2D eigenvalue weighted by molar-refractivity contribution is -0.115. The van der Waals surface area contributed by atoms with Gasteiger partial charge in [0.15, 0.2) is 0 Å². The van der Waals surface area contributed by atoms with Crippen LogP contribution in [0.5, 0.6) is 5.75 Å². The van der Waals surface area contributed by atoms with Crippen molar-refractivity contribution in [2.45, 2.75) is 13.3 Å². The van der Waals surface area contributed by atoms with Gasteiger partial charge < -0.3 is 20.6 Å². The van der Waals surface area contributed by atoms with E-state index in [2.05, 4.69) is 5.32 Å². The van der Waals surface area contributed by atoms with E-state index < -0.39 is 17.4 Å². The van der Waals surface area contributed by atoms with Gasteiger partial charge in [0.2, 0.25) is 5.91 Å². The van der Waals surface area contributed by atoms with Gasteiger partial charge in [-0.2, -0.15) is 0 Å². The maximum atomic E-state index is 12.4. The summed E-state index contributed by atoms with van der Waals surface area (Å²) >= 11 is 0. The van der Waals surface area contributed by atoms with Crippen molar-refractivity contribution in [1.29, 1.82) is 0 Å². The largest absolute Gasteiger partial charge is 0.508 e. The van der Waals surface area contributed by atoms with E-state index in [0.717, 1.165) is 0 Å². The first-order chi connectivity index (χ1) is 12.4. The molecule has 0 saturated heterocycles. The van der Waals surface area contributed by atoms with Crippen molar-refractivity contribution < 1.29 is 19.1 Å². The first-order valence-corrected chi connectivity index (χ1v) is 7.81. The fraction of sp³-hybridized carbons (Fsp3) is 0.105. The van der Waals surface area contributed by atoms with Crippen LogP contribution in [0, 0.1) is 6.92 Å². The molecule has 0 unspecified atom stereocenters. The molecule has 0 atom stereocenters. The van der Waals surface area contributed by atoms with Crippen LogP contribution in [0.1, 0.15) is 21.5 Å². The third-order valence-electron chi connectivity index (χ3n) is 4.07. The minimum absolute atomic E-state index is 0.0198. The number of phenols is 1. The van der Waals surface area contributed by atoms with E-state index in [1.165, 1.54) is 18.2 Å². The zero-order valence-electron chi connectivity index (χ0n) is 13.9. The molecule has 1 aromatic heterocycles. The lowest BCUT2D eigenvalue weighted by Crippen LogP contribution is -2.22. The number of phenolic OH excluding ortho intramolecular Hbond substituents is 1. The quantitative estimate of drug-likeness (QED) is 0.621. The van der Waals surface area contributed by atoms with Crippen molar-refractivity contribution in [3.05, 3.63) is 69.6 Å². The van der Waals surface area contributed by atoms with Crippen molar-refractivity contribution in [1.82, 2.24) is 0 Å². The van der Waals surface area contributed by atoms with Crippen LogP contribution < -0.4 is 16.7 Å². The van der Waals surface area contributed by atoms with Gasteiger partial charge in [-0.1, -0.05) is 12.1 Å². The van der Waals surface area contributed by atoms with Crippen molar-refractivity contribution >= 4 is 28.5 Å². The number of primary amides is 1. The van der Waals surface area contributed by atoms with Gasteiger partial charge in [0.25, 0.3) is 5.91 Å². The van der Waals surface area contributed by atoms with Gasteiger partial charge >= 0.3 is 5.63 Å². The molecule has 26 heavy (non-hydrogen) atoms. The highest BCUT2D eigenvalue weighted by Crippen LogP contribution is 2.24. The van der Waals surface area contributed by atoms with Crippen molar-refractivity contribution in [3.8, 4) is 5.75 Å². The Hall–Kier alpha value is -3.61. The number of carbonyl (C=O) groups is 2. The average Bonchev–Trinajstić information content (AvgIpc) is 2.58. The van der Waals surface area contributed by atoms with Gasteiger partial charge in [0, 0.05) is 11.5 Å². The van der Waals surface area contributed by atoms with Gasteiger partial charge in [-0.05, 0) is 36.8 Å². The monoisotopic (exact) mass is 352 g/mol. The summed E-state index contributed by atoms with van der Waals surface area (Å²) < 4.78 is 5.20. The molecule has 4 N–H and O–H groups in total. The molecule has 2 aromatic carbocycles. The molecule has 3 aromatic rings. The van der Waals surface area contributed by atoms with Gasteiger partial charge in [-0.15, -0.1) is 0 Å². The number of para-hydroxylation sites is 1. The summed E-state index contributed by atoms with van der Waals surface area (Å²) in [6.45, 7) is 1.70. The lowest BCUT2D eigenvalue weighted by Gasteiger charge is -2.10. The predicted molar refractivity (Wildman–Crippen MR) is 96.2 cm³/mol. The highest BCUT2D eigenvalue weighted by atomic mass is 16.4. The third-order valence-corrected chi connectivity index (χ3v) is 4.07. The zero-order chi connectivity index (χ0) is 18.8. The Balaban J connectivity index is 1.92. The number of hydrogen-bond donors (Lipinski definition) is 3. The number of nitrogens with one attached hydrogen (secondary N) is 1. The number of anilines is 1. The van der Waals surface area contributed by atoms with E-state index in [9.17, 15) is 19.5 Å².